The highest BCUT2D eigenvalue weighted by Gasteiger charge is 2.18. The Labute approximate surface area is 71.7 Å². The second-order valence-electron chi connectivity index (χ2n) is 2.79. The first kappa shape index (κ1) is 9.22. The first-order valence-electron chi connectivity index (χ1n) is 4.10. The minimum atomic E-state index is -0.162. The molecule has 0 spiro atoms. The maximum atomic E-state index is 11.2. The Bertz CT molecular complexity index is 201. The number of carbonyl (C=O) groups excluding carboxylic acids is 1. The van der Waals surface area contributed by atoms with Crippen LogP contribution in [0.5, 0.6) is 0 Å². The third-order valence-electron chi connectivity index (χ3n) is 1.75. The van der Waals surface area contributed by atoms with Gasteiger partial charge in [0.2, 0.25) is 0 Å². The van der Waals surface area contributed by atoms with Gasteiger partial charge in [-0.15, -0.1) is 0 Å². The number of carbonyl (C=O) groups is 1. The molecule has 12 heavy (non-hydrogen) atoms. The fraction of sp³-hybridized carbons (Fsp3) is 0.625. The highest BCUT2D eigenvalue weighted by molar-refractivity contribution is 5.93. The fourth-order valence-corrected chi connectivity index (χ4v) is 1.13. The van der Waals surface area contributed by atoms with Gasteiger partial charge in [-0.3, -0.25) is 9.63 Å². The van der Waals surface area contributed by atoms with E-state index in [-0.39, 0.29) is 11.9 Å². The molecule has 0 aromatic carbocycles. The minimum absolute atomic E-state index is 0.104. The molecule has 0 aromatic rings. The van der Waals surface area contributed by atoms with Gasteiger partial charge < -0.3 is 5.73 Å². The van der Waals surface area contributed by atoms with Crippen molar-refractivity contribution in [3.8, 4) is 0 Å². The van der Waals surface area contributed by atoms with E-state index in [2.05, 4.69) is 5.48 Å². The lowest BCUT2D eigenvalue weighted by Gasteiger charge is -2.04. The molecule has 1 rings (SSSR count). The summed E-state index contributed by atoms with van der Waals surface area (Å²) in [5, 5.41) is 0. The zero-order chi connectivity index (χ0) is 8.97. The summed E-state index contributed by atoms with van der Waals surface area (Å²) in [6.45, 7) is 2.29. The van der Waals surface area contributed by atoms with Crippen LogP contribution in [0.3, 0.4) is 0 Å². The Morgan fingerprint density at radius 3 is 3.17 bits per heavy atom. The van der Waals surface area contributed by atoms with Crippen LogP contribution in [0, 0.1) is 0 Å². The summed E-state index contributed by atoms with van der Waals surface area (Å²) in [5.74, 6) is -0.162. The van der Waals surface area contributed by atoms with E-state index in [1.54, 1.807) is 0 Å². The van der Waals surface area contributed by atoms with Crippen molar-refractivity contribution in [3.63, 3.8) is 0 Å². The van der Waals surface area contributed by atoms with Crippen LogP contribution in [0.4, 0.5) is 0 Å². The van der Waals surface area contributed by atoms with Gasteiger partial charge in [0.25, 0.3) is 5.91 Å². The topological polar surface area (TPSA) is 64.3 Å². The van der Waals surface area contributed by atoms with Gasteiger partial charge in [-0.25, -0.2) is 5.48 Å². The van der Waals surface area contributed by atoms with E-state index in [1.807, 2.05) is 13.0 Å². The van der Waals surface area contributed by atoms with Crippen molar-refractivity contribution < 1.29 is 9.63 Å². The van der Waals surface area contributed by atoms with E-state index in [9.17, 15) is 4.79 Å². The van der Waals surface area contributed by atoms with Crippen LogP contribution >= 0.6 is 0 Å². The smallest absolute Gasteiger partial charge is 0.270 e. The Morgan fingerprint density at radius 1 is 1.92 bits per heavy atom. The van der Waals surface area contributed by atoms with Gasteiger partial charge in [0.15, 0.2) is 0 Å². The molecule has 4 nitrogen and oxygen atoms in total. The Hall–Kier alpha value is -0.870. The van der Waals surface area contributed by atoms with Gasteiger partial charge in [0, 0.05) is 11.6 Å². The van der Waals surface area contributed by atoms with E-state index < -0.39 is 0 Å². The molecule has 1 amide bonds. The van der Waals surface area contributed by atoms with Crippen molar-refractivity contribution in [1.82, 2.24) is 5.48 Å². The first-order valence-corrected chi connectivity index (χ1v) is 4.10. The Morgan fingerprint density at radius 2 is 2.67 bits per heavy atom. The van der Waals surface area contributed by atoms with E-state index in [0.29, 0.717) is 13.0 Å². The molecule has 0 aromatic heterocycles. The molecular weight excluding hydrogens is 156 g/mol. The van der Waals surface area contributed by atoms with Gasteiger partial charge in [-0.2, -0.15) is 0 Å². The third-order valence-corrected chi connectivity index (χ3v) is 1.75. The van der Waals surface area contributed by atoms with Gasteiger partial charge >= 0.3 is 0 Å². The van der Waals surface area contributed by atoms with Gasteiger partial charge in [-0.05, 0) is 19.8 Å². The van der Waals surface area contributed by atoms with Gasteiger partial charge in [0.1, 0.15) is 0 Å². The number of nitrogens with one attached hydrogen (secondary N) is 1. The normalized spacial score (nSPS) is 22.2. The van der Waals surface area contributed by atoms with E-state index >= 15 is 0 Å². The van der Waals surface area contributed by atoms with Crippen molar-refractivity contribution >= 4 is 5.91 Å². The molecular formula is C8H14N2O2. The largest absolute Gasteiger partial charge is 0.327 e. The summed E-state index contributed by atoms with van der Waals surface area (Å²) < 4.78 is 0. The predicted octanol–water partition coefficient (Wildman–Crippen LogP) is 0.102. The molecule has 0 radical (unpaired) electrons. The number of nitrogens with two attached hydrogens (primary N) is 1. The first-order chi connectivity index (χ1) is 5.74. The molecule has 0 saturated heterocycles. The number of hydroxylamine groups is 1. The highest BCUT2D eigenvalue weighted by atomic mass is 16.6. The van der Waals surface area contributed by atoms with Crippen LogP contribution in [0.25, 0.3) is 0 Å². The molecule has 0 unspecified atom stereocenters. The van der Waals surface area contributed by atoms with Crippen molar-refractivity contribution in [2.24, 2.45) is 5.73 Å². The second-order valence-corrected chi connectivity index (χ2v) is 2.79. The maximum absolute atomic E-state index is 11.2. The van der Waals surface area contributed by atoms with E-state index in [4.69, 9.17) is 10.6 Å². The molecule has 1 aliphatic rings. The second kappa shape index (κ2) is 4.23. The third kappa shape index (κ3) is 2.32. The van der Waals surface area contributed by atoms with Crippen LogP contribution in [-0.4, -0.2) is 18.6 Å². The van der Waals surface area contributed by atoms with Crippen molar-refractivity contribution in [1.29, 1.82) is 0 Å². The van der Waals surface area contributed by atoms with Crippen LogP contribution in [0.2, 0.25) is 0 Å². The molecule has 68 valence electrons. The standard InChI is InChI=1S/C8H14N2O2/c1-2-12-10-8(11)6-3-4-7(9)5-6/h3,7H,2,4-5,9H2,1H3,(H,10,11)/t7-/m1/s1. The average Bonchev–Trinajstić information content (AvgIpc) is 2.47. The van der Waals surface area contributed by atoms with Crippen LogP contribution in [-0.2, 0) is 9.63 Å². The lowest BCUT2D eigenvalue weighted by Crippen LogP contribution is -2.26. The average molecular weight is 170 g/mol. The number of hydrogen-bond donors (Lipinski definition) is 2. The number of amides is 1. The molecule has 0 aliphatic heterocycles. The summed E-state index contributed by atoms with van der Waals surface area (Å²) in [6.07, 6.45) is 3.30. The molecule has 4 heteroatoms. The highest BCUT2D eigenvalue weighted by Crippen LogP contribution is 2.16. The summed E-state index contributed by atoms with van der Waals surface area (Å²) in [7, 11) is 0. The lowest BCUT2D eigenvalue weighted by molar-refractivity contribution is -0.129. The summed E-state index contributed by atoms with van der Waals surface area (Å²) in [4.78, 5) is 16.0. The maximum Gasteiger partial charge on any atom is 0.270 e. The summed E-state index contributed by atoms with van der Waals surface area (Å²) in [6, 6.07) is 0.104. The molecule has 0 heterocycles. The van der Waals surface area contributed by atoms with Crippen LogP contribution in [0.1, 0.15) is 19.8 Å². The molecule has 1 atom stereocenters. The van der Waals surface area contributed by atoms with Crippen molar-refractivity contribution in [2.75, 3.05) is 6.61 Å². The van der Waals surface area contributed by atoms with Crippen molar-refractivity contribution in [2.45, 2.75) is 25.8 Å². The molecule has 1 aliphatic carbocycles. The predicted molar refractivity (Wildman–Crippen MR) is 45.1 cm³/mol. The molecule has 0 fully saturated rings. The monoisotopic (exact) mass is 170 g/mol. The van der Waals surface area contributed by atoms with Crippen LogP contribution in [0.15, 0.2) is 11.6 Å². The SMILES string of the molecule is CCONC(=O)C1=CC[C@@H](N)C1. The summed E-state index contributed by atoms with van der Waals surface area (Å²) in [5.41, 5.74) is 8.68. The van der Waals surface area contributed by atoms with Gasteiger partial charge in [-0.1, -0.05) is 6.08 Å². The zero-order valence-electron chi connectivity index (χ0n) is 7.17. The van der Waals surface area contributed by atoms with Crippen LogP contribution < -0.4 is 11.2 Å². The molecule has 3 N–H and O–H groups in total. The fourth-order valence-electron chi connectivity index (χ4n) is 1.13. The van der Waals surface area contributed by atoms with E-state index in [0.717, 1.165) is 12.0 Å². The van der Waals surface area contributed by atoms with Gasteiger partial charge in [0.05, 0.1) is 6.61 Å². The Kier molecular flexibility index (Phi) is 3.25. The number of hydrogen-bond acceptors (Lipinski definition) is 3. The number of rotatable bonds is 3. The summed E-state index contributed by atoms with van der Waals surface area (Å²) >= 11 is 0. The zero-order valence-corrected chi connectivity index (χ0v) is 7.17. The Balaban J connectivity index is 2.33. The molecule has 0 bridgehead atoms. The minimum Gasteiger partial charge on any atom is -0.327 e. The van der Waals surface area contributed by atoms with Crippen molar-refractivity contribution in [3.05, 3.63) is 11.6 Å². The molecule has 0 saturated carbocycles. The lowest BCUT2D eigenvalue weighted by atomic mass is 10.2. The van der Waals surface area contributed by atoms with E-state index in [1.165, 1.54) is 0 Å². The quantitative estimate of drug-likeness (QED) is 0.590.